The highest BCUT2D eigenvalue weighted by atomic mass is 16.5. The van der Waals surface area contributed by atoms with Crippen LogP contribution in [0.4, 0.5) is 11.5 Å². The lowest BCUT2D eigenvalue weighted by Gasteiger charge is -2.42. The zero-order chi connectivity index (χ0) is 30.0. The van der Waals surface area contributed by atoms with E-state index in [0.29, 0.717) is 44.8 Å². The maximum atomic E-state index is 12.6. The van der Waals surface area contributed by atoms with Gasteiger partial charge in [0.2, 0.25) is 5.91 Å². The van der Waals surface area contributed by atoms with Gasteiger partial charge in [0.1, 0.15) is 12.4 Å². The molecule has 7 rings (SSSR count). The van der Waals surface area contributed by atoms with Gasteiger partial charge in [-0.05, 0) is 62.1 Å². The van der Waals surface area contributed by atoms with Crippen LogP contribution in [-0.4, -0.2) is 83.6 Å². The summed E-state index contributed by atoms with van der Waals surface area (Å²) in [6.45, 7) is 9.81. The molecule has 2 saturated heterocycles. The highest BCUT2D eigenvalue weighted by Gasteiger charge is 2.34. The van der Waals surface area contributed by atoms with Gasteiger partial charge in [-0.25, -0.2) is 0 Å². The highest BCUT2D eigenvalue weighted by Crippen LogP contribution is 2.36. The van der Waals surface area contributed by atoms with E-state index in [2.05, 4.69) is 69.8 Å². The van der Waals surface area contributed by atoms with Crippen molar-refractivity contribution in [2.24, 2.45) is 5.92 Å². The molecular weight excluding hydrogens is 550 g/mol. The number of benzene rings is 2. The van der Waals surface area contributed by atoms with E-state index in [4.69, 9.17) is 14.7 Å². The van der Waals surface area contributed by atoms with Crippen LogP contribution in [0.25, 0.3) is 10.8 Å². The van der Waals surface area contributed by atoms with E-state index in [0.717, 1.165) is 48.9 Å². The second kappa shape index (κ2) is 12.4. The summed E-state index contributed by atoms with van der Waals surface area (Å²) in [5, 5.41) is 12.0. The number of nitrogens with zero attached hydrogens (tertiary/aromatic N) is 7. The van der Waals surface area contributed by atoms with Crippen molar-refractivity contribution in [2.75, 3.05) is 55.7 Å². The predicted octanol–water partition coefficient (Wildman–Crippen LogP) is 4.56. The molecule has 44 heavy (non-hydrogen) atoms. The Morgan fingerprint density at radius 2 is 1.89 bits per heavy atom. The lowest BCUT2D eigenvalue weighted by Crippen LogP contribution is -2.55. The Hall–Kier alpha value is -4.16. The molecule has 3 aliphatic heterocycles. The lowest BCUT2D eigenvalue weighted by atomic mass is 10.0. The van der Waals surface area contributed by atoms with Crippen molar-refractivity contribution in [2.45, 2.75) is 57.2 Å². The molecule has 4 heterocycles. The van der Waals surface area contributed by atoms with Gasteiger partial charge in [-0.2, -0.15) is 15.2 Å². The summed E-state index contributed by atoms with van der Waals surface area (Å²) in [7, 11) is 0. The molecule has 3 aromatic rings. The van der Waals surface area contributed by atoms with E-state index < -0.39 is 0 Å². The Labute approximate surface area is 259 Å². The Morgan fingerprint density at radius 3 is 2.73 bits per heavy atom. The van der Waals surface area contributed by atoms with E-state index in [1.165, 1.54) is 48.3 Å². The van der Waals surface area contributed by atoms with Gasteiger partial charge in [0.25, 0.3) is 0 Å². The largest absolute Gasteiger partial charge is 0.462 e. The normalized spacial score (nSPS) is 22.1. The monoisotopic (exact) mass is 591 g/mol. The Kier molecular flexibility index (Phi) is 8.09. The first-order chi connectivity index (χ1) is 21.6. The van der Waals surface area contributed by atoms with Crippen molar-refractivity contribution in [3.05, 3.63) is 66.4 Å². The number of carbonyl (C=O) groups is 1. The topological polar surface area (TPSA) is 88.8 Å². The van der Waals surface area contributed by atoms with E-state index >= 15 is 0 Å². The van der Waals surface area contributed by atoms with Crippen molar-refractivity contribution in [1.29, 1.82) is 5.26 Å². The molecular formula is C35H41N7O2. The molecule has 0 N–H and O–H groups in total. The number of hydrogen-bond acceptors (Lipinski definition) is 8. The molecule has 0 bridgehead atoms. The number of rotatable bonds is 9. The summed E-state index contributed by atoms with van der Waals surface area (Å²) < 4.78 is 6.44. The molecule has 1 saturated carbocycles. The average Bonchev–Trinajstić information content (AvgIpc) is 3.78. The van der Waals surface area contributed by atoms with Crippen molar-refractivity contribution < 1.29 is 9.53 Å². The SMILES string of the molecule is C=CC(=O)N1CCN(c2nc(OC[C@@H]3CCCN3CC3CC3)nc3c2CCN(c2cccc4ccccc24)C3)C[C@@H]1CC#N. The summed E-state index contributed by atoms with van der Waals surface area (Å²) >= 11 is 0. The van der Waals surface area contributed by atoms with Gasteiger partial charge < -0.3 is 19.4 Å². The standard InChI is InChI=1S/C35H41N7O2/c1-2-33(43)42-20-19-41(22-27(42)14-16-36)34-30-15-18-40(32-11-5-8-26-7-3-4-10-29(26)32)23-31(30)37-35(38-34)44-24-28-9-6-17-39(28)21-25-12-13-25/h2-5,7-8,10-11,25,27-28H,1,6,9,12-15,17-24H2/t27-,28-/m0/s1. The second-order valence-corrected chi connectivity index (χ2v) is 12.7. The molecule has 1 aromatic heterocycles. The molecule has 0 spiro atoms. The molecule has 9 nitrogen and oxygen atoms in total. The quantitative estimate of drug-likeness (QED) is 0.335. The average molecular weight is 592 g/mol. The molecule has 228 valence electrons. The van der Waals surface area contributed by atoms with Gasteiger partial charge in [0.05, 0.1) is 30.8 Å². The van der Waals surface area contributed by atoms with E-state index in [1.807, 2.05) is 0 Å². The molecule has 1 amide bonds. The first kappa shape index (κ1) is 28.6. The van der Waals surface area contributed by atoms with Crippen molar-refractivity contribution >= 4 is 28.2 Å². The van der Waals surface area contributed by atoms with Crippen LogP contribution in [0.15, 0.2) is 55.1 Å². The van der Waals surface area contributed by atoms with Crippen LogP contribution in [0, 0.1) is 17.2 Å². The summed E-state index contributed by atoms with van der Waals surface area (Å²) in [6.07, 6.45) is 7.48. The van der Waals surface area contributed by atoms with Crippen molar-refractivity contribution in [1.82, 2.24) is 19.8 Å². The van der Waals surface area contributed by atoms with Gasteiger partial charge in [-0.1, -0.05) is 43.0 Å². The van der Waals surface area contributed by atoms with Crippen molar-refractivity contribution in [3.63, 3.8) is 0 Å². The van der Waals surface area contributed by atoms with Gasteiger partial charge in [0.15, 0.2) is 0 Å². The van der Waals surface area contributed by atoms with Crippen LogP contribution in [0.5, 0.6) is 6.01 Å². The number of ether oxygens (including phenoxy) is 1. The summed E-state index contributed by atoms with van der Waals surface area (Å²) in [6, 6.07) is 17.9. The Morgan fingerprint density at radius 1 is 1.02 bits per heavy atom. The minimum absolute atomic E-state index is 0.128. The summed E-state index contributed by atoms with van der Waals surface area (Å²) in [5.74, 6) is 1.62. The van der Waals surface area contributed by atoms with Crippen LogP contribution in [0.1, 0.15) is 43.4 Å². The fourth-order valence-electron chi connectivity index (χ4n) is 7.27. The molecule has 1 aliphatic carbocycles. The third kappa shape index (κ3) is 5.83. The lowest BCUT2D eigenvalue weighted by molar-refractivity contribution is -0.128. The Bertz CT molecular complexity index is 1580. The van der Waals surface area contributed by atoms with Crippen LogP contribution in [0.2, 0.25) is 0 Å². The second-order valence-electron chi connectivity index (χ2n) is 12.7. The third-order valence-corrected chi connectivity index (χ3v) is 9.79. The zero-order valence-corrected chi connectivity index (χ0v) is 25.4. The van der Waals surface area contributed by atoms with Crippen LogP contribution < -0.4 is 14.5 Å². The molecule has 0 unspecified atom stereocenters. The molecule has 9 heteroatoms. The van der Waals surface area contributed by atoms with Gasteiger partial charge >= 0.3 is 6.01 Å². The minimum atomic E-state index is -0.223. The number of carbonyl (C=O) groups excluding carboxylic acids is 1. The fourth-order valence-corrected chi connectivity index (χ4v) is 7.27. The summed E-state index contributed by atoms with van der Waals surface area (Å²) in [5.41, 5.74) is 3.35. The highest BCUT2D eigenvalue weighted by molar-refractivity contribution is 5.94. The summed E-state index contributed by atoms with van der Waals surface area (Å²) in [4.78, 5) is 31.7. The molecule has 3 fully saturated rings. The van der Waals surface area contributed by atoms with E-state index in [-0.39, 0.29) is 18.4 Å². The molecule has 4 aliphatic rings. The number of piperazine rings is 1. The smallest absolute Gasteiger partial charge is 0.318 e. The van der Waals surface area contributed by atoms with Crippen LogP contribution in [0.3, 0.4) is 0 Å². The van der Waals surface area contributed by atoms with E-state index in [1.54, 1.807) is 4.90 Å². The molecule has 2 atom stereocenters. The zero-order valence-electron chi connectivity index (χ0n) is 25.4. The first-order valence-corrected chi connectivity index (χ1v) is 16.2. The number of fused-ring (bicyclic) bond motifs is 2. The van der Waals surface area contributed by atoms with E-state index in [9.17, 15) is 10.1 Å². The number of amides is 1. The molecule has 0 radical (unpaired) electrons. The maximum Gasteiger partial charge on any atom is 0.318 e. The minimum Gasteiger partial charge on any atom is -0.462 e. The van der Waals surface area contributed by atoms with Crippen LogP contribution >= 0.6 is 0 Å². The Balaban J connectivity index is 1.19. The van der Waals surface area contributed by atoms with Gasteiger partial charge in [-0.3, -0.25) is 9.69 Å². The number of hydrogen-bond donors (Lipinski definition) is 0. The maximum absolute atomic E-state index is 12.6. The number of nitriles is 1. The van der Waals surface area contributed by atoms with Gasteiger partial charge in [0, 0.05) is 55.4 Å². The third-order valence-electron chi connectivity index (χ3n) is 9.79. The first-order valence-electron chi connectivity index (χ1n) is 16.2. The van der Waals surface area contributed by atoms with Crippen molar-refractivity contribution in [3.8, 4) is 12.1 Å². The van der Waals surface area contributed by atoms with Crippen LogP contribution in [-0.2, 0) is 17.8 Å². The molecule has 2 aromatic carbocycles. The number of anilines is 2. The predicted molar refractivity (Wildman–Crippen MR) is 172 cm³/mol. The van der Waals surface area contributed by atoms with Gasteiger partial charge in [-0.15, -0.1) is 0 Å². The number of aromatic nitrogens is 2. The number of likely N-dealkylation sites (tertiary alicyclic amines) is 1. The fraction of sp³-hybridized carbons (Fsp3) is 0.486.